The van der Waals surface area contributed by atoms with Crippen molar-refractivity contribution in [2.24, 2.45) is 0 Å². The lowest BCUT2D eigenvalue weighted by Crippen LogP contribution is -2.10. The second-order valence-corrected chi connectivity index (χ2v) is 4.38. The number of rotatable bonds is 3. The number of nitrogens with two attached hydrogens (primary N) is 1. The van der Waals surface area contributed by atoms with E-state index in [0.29, 0.717) is 0 Å². The average Bonchev–Trinajstić information content (AvgIpc) is 2.95. The van der Waals surface area contributed by atoms with E-state index in [9.17, 15) is 4.39 Å². The molecule has 3 rings (SSSR count). The number of aromatic nitrogens is 5. The van der Waals surface area contributed by atoms with Gasteiger partial charge in [0.15, 0.2) is 0 Å². The molecule has 7 nitrogen and oxygen atoms in total. The Morgan fingerprint density at radius 1 is 1.24 bits per heavy atom. The zero-order valence-corrected chi connectivity index (χ0v) is 11.2. The zero-order chi connectivity index (χ0) is 14.8. The molecule has 0 bridgehead atoms. The molecule has 21 heavy (non-hydrogen) atoms. The van der Waals surface area contributed by atoms with Crippen LogP contribution in [0.25, 0.3) is 5.95 Å². The van der Waals surface area contributed by atoms with Gasteiger partial charge in [-0.3, -0.25) is 0 Å². The Morgan fingerprint density at radius 3 is 2.81 bits per heavy atom. The second kappa shape index (κ2) is 5.16. The van der Waals surface area contributed by atoms with E-state index in [-0.39, 0.29) is 23.5 Å². The maximum atomic E-state index is 13.8. The molecule has 0 aliphatic heterocycles. The number of nitrogens with one attached hydrogen (secondary N) is 1. The number of hydrogen-bond donors (Lipinski definition) is 2. The molecule has 1 aromatic carbocycles. The average molecular weight is 285 g/mol. The van der Waals surface area contributed by atoms with Gasteiger partial charge >= 0.3 is 0 Å². The van der Waals surface area contributed by atoms with Crippen LogP contribution in [0.2, 0.25) is 0 Å². The highest BCUT2D eigenvalue weighted by Gasteiger charge is 2.09. The minimum absolute atomic E-state index is 0.0190. The quantitative estimate of drug-likeness (QED) is 0.762. The summed E-state index contributed by atoms with van der Waals surface area (Å²) in [4.78, 5) is 12.1. The summed E-state index contributed by atoms with van der Waals surface area (Å²) in [7, 11) is 0. The van der Waals surface area contributed by atoms with Crippen molar-refractivity contribution < 1.29 is 4.39 Å². The van der Waals surface area contributed by atoms with Gasteiger partial charge in [0.05, 0.1) is 5.69 Å². The second-order valence-electron chi connectivity index (χ2n) is 4.38. The van der Waals surface area contributed by atoms with Gasteiger partial charge in [-0.25, -0.2) is 9.07 Å². The topological polar surface area (TPSA) is 94.5 Å². The molecule has 8 heteroatoms. The SMILES string of the molecule is Cc1ccc(Nc2nc(N)nc(-n3cccn3)n2)c(F)c1. The lowest BCUT2D eigenvalue weighted by Gasteiger charge is -2.08. The van der Waals surface area contributed by atoms with Crippen molar-refractivity contribution >= 4 is 17.6 Å². The highest BCUT2D eigenvalue weighted by molar-refractivity contribution is 5.55. The molecule has 3 aromatic rings. The number of halogens is 1. The van der Waals surface area contributed by atoms with E-state index in [1.165, 1.54) is 10.7 Å². The van der Waals surface area contributed by atoms with Crippen LogP contribution in [-0.2, 0) is 0 Å². The molecule has 106 valence electrons. The monoisotopic (exact) mass is 285 g/mol. The minimum Gasteiger partial charge on any atom is -0.368 e. The minimum atomic E-state index is -0.394. The lowest BCUT2D eigenvalue weighted by atomic mass is 10.2. The van der Waals surface area contributed by atoms with Gasteiger partial charge in [0.2, 0.25) is 11.9 Å². The molecule has 0 radical (unpaired) electrons. The molecule has 0 saturated heterocycles. The first kappa shape index (κ1) is 13.0. The molecule has 0 atom stereocenters. The fourth-order valence-corrected chi connectivity index (χ4v) is 1.77. The van der Waals surface area contributed by atoms with Crippen molar-refractivity contribution in [2.45, 2.75) is 6.92 Å². The maximum Gasteiger partial charge on any atom is 0.257 e. The summed E-state index contributed by atoms with van der Waals surface area (Å²) in [5.41, 5.74) is 6.73. The Hall–Kier alpha value is -3.03. The predicted molar refractivity (Wildman–Crippen MR) is 75.8 cm³/mol. The van der Waals surface area contributed by atoms with Crippen molar-refractivity contribution in [3.63, 3.8) is 0 Å². The molecule has 0 aliphatic rings. The van der Waals surface area contributed by atoms with Crippen LogP contribution in [0.3, 0.4) is 0 Å². The van der Waals surface area contributed by atoms with Crippen LogP contribution in [0.15, 0.2) is 36.7 Å². The van der Waals surface area contributed by atoms with Gasteiger partial charge in [-0.15, -0.1) is 0 Å². The maximum absolute atomic E-state index is 13.8. The molecular formula is C13H12FN7. The van der Waals surface area contributed by atoms with Gasteiger partial charge in [0, 0.05) is 12.4 Å². The third-order valence-corrected chi connectivity index (χ3v) is 2.72. The number of nitrogen functional groups attached to an aromatic ring is 1. The third-order valence-electron chi connectivity index (χ3n) is 2.72. The Morgan fingerprint density at radius 2 is 2.10 bits per heavy atom. The van der Waals surface area contributed by atoms with Crippen LogP contribution in [-0.4, -0.2) is 24.7 Å². The van der Waals surface area contributed by atoms with E-state index < -0.39 is 5.82 Å². The molecule has 0 aliphatic carbocycles. The Kier molecular flexibility index (Phi) is 3.19. The normalized spacial score (nSPS) is 10.6. The standard InChI is InChI=1S/C13H12FN7/c1-8-3-4-10(9(14)7-8)17-12-18-11(15)19-13(20-12)21-6-2-5-16-21/h2-7H,1H3,(H3,15,17,18,19,20). The highest BCUT2D eigenvalue weighted by atomic mass is 19.1. The zero-order valence-electron chi connectivity index (χ0n) is 11.2. The summed E-state index contributed by atoms with van der Waals surface area (Å²) < 4.78 is 15.3. The van der Waals surface area contributed by atoms with E-state index in [1.807, 2.05) is 6.92 Å². The van der Waals surface area contributed by atoms with Crippen molar-refractivity contribution in [2.75, 3.05) is 11.1 Å². The number of anilines is 3. The molecule has 0 spiro atoms. The van der Waals surface area contributed by atoms with Crippen LogP contribution in [0.4, 0.5) is 22.0 Å². The van der Waals surface area contributed by atoms with E-state index in [0.717, 1.165) is 5.56 Å². The van der Waals surface area contributed by atoms with Crippen molar-refractivity contribution in [1.82, 2.24) is 24.7 Å². The third kappa shape index (κ3) is 2.78. The van der Waals surface area contributed by atoms with E-state index in [2.05, 4.69) is 25.4 Å². The molecule has 0 unspecified atom stereocenters. The summed E-state index contributed by atoms with van der Waals surface area (Å²) in [5.74, 6) is 0.0263. The van der Waals surface area contributed by atoms with Crippen molar-refractivity contribution in [1.29, 1.82) is 0 Å². The van der Waals surface area contributed by atoms with Gasteiger partial charge in [-0.2, -0.15) is 20.1 Å². The number of aryl methyl sites for hydroxylation is 1. The first-order chi connectivity index (χ1) is 10.1. The molecule has 0 saturated carbocycles. The van der Waals surface area contributed by atoms with E-state index in [4.69, 9.17) is 5.73 Å². The van der Waals surface area contributed by atoms with Gasteiger partial charge in [0.1, 0.15) is 5.82 Å². The Bertz CT molecular complexity index is 770. The highest BCUT2D eigenvalue weighted by Crippen LogP contribution is 2.19. The molecular weight excluding hydrogens is 273 g/mol. The van der Waals surface area contributed by atoms with Gasteiger partial charge in [0.25, 0.3) is 5.95 Å². The van der Waals surface area contributed by atoms with Gasteiger partial charge in [-0.05, 0) is 30.7 Å². The largest absolute Gasteiger partial charge is 0.368 e. The molecule has 2 heterocycles. The van der Waals surface area contributed by atoms with Crippen molar-refractivity contribution in [3.05, 3.63) is 48.0 Å². The van der Waals surface area contributed by atoms with Gasteiger partial charge < -0.3 is 11.1 Å². The summed E-state index contributed by atoms with van der Waals surface area (Å²) in [5, 5.41) is 6.80. The predicted octanol–water partition coefficient (Wildman–Crippen LogP) is 1.83. The fourth-order valence-electron chi connectivity index (χ4n) is 1.77. The first-order valence-electron chi connectivity index (χ1n) is 6.16. The molecule has 0 amide bonds. The summed E-state index contributed by atoms with van der Waals surface area (Å²) in [6, 6.07) is 6.54. The van der Waals surface area contributed by atoms with Crippen LogP contribution < -0.4 is 11.1 Å². The Balaban J connectivity index is 1.95. The van der Waals surface area contributed by atoms with Gasteiger partial charge in [-0.1, -0.05) is 6.07 Å². The van der Waals surface area contributed by atoms with E-state index in [1.54, 1.807) is 30.6 Å². The summed E-state index contributed by atoms with van der Waals surface area (Å²) in [6.07, 6.45) is 3.26. The van der Waals surface area contributed by atoms with E-state index >= 15 is 0 Å². The van der Waals surface area contributed by atoms with Crippen LogP contribution in [0.1, 0.15) is 5.56 Å². The van der Waals surface area contributed by atoms with Crippen molar-refractivity contribution in [3.8, 4) is 5.95 Å². The summed E-state index contributed by atoms with van der Waals surface area (Å²) in [6.45, 7) is 1.81. The van der Waals surface area contributed by atoms with Crippen LogP contribution in [0.5, 0.6) is 0 Å². The smallest absolute Gasteiger partial charge is 0.257 e. The molecule has 3 N–H and O–H groups in total. The summed E-state index contributed by atoms with van der Waals surface area (Å²) >= 11 is 0. The lowest BCUT2D eigenvalue weighted by molar-refractivity contribution is 0.630. The van der Waals surface area contributed by atoms with Crippen LogP contribution in [0, 0.1) is 12.7 Å². The Labute approximate surface area is 119 Å². The number of hydrogen-bond acceptors (Lipinski definition) is 6. The van der Waals surface area contributed by atoms with Crippen LogP contribution >= 0.6 is 0 Å². The fraction of sp³-hybridized carbons (Fsp3) is 0.0769. The molecule has 2 aromatic heterocycles. The number of benzene rings is 1. The first-order valence-corrected chi connectivity index (χ1v) is 6.16. The molecule has 0 fully saturated rings. The number of nitrogens with zero attached hydrogens (tertiary/aromatic N) is 5.